The van der Waals surface area contributed by atoms with Crippen LogP contribution in [0.4, 0.5) is 0 Å². The van der Waals surface area contributed by atoms with Gasteiger partial charge in [-0.1, -0.05) is 20.4 Å². The van der Waals surface area contributed by atoms with Crippen LogP contribution in [-0.4, -0.2) is 23.9 Å². The number of nitrogens with zero attached hydrogens (tertiary/aromatic N) is 1. The van der Waals surface area contributed by atoms with E-state index in [1.807, 2.05) is 27.7 Å². The van der Waals surface area contributed by atoms with Gasteiger partial charge in [-0.05, 0) is 20.8 Å². The first-order valence-electron chi connectivity index (χ1n) is 4.39. The van der Waals surface area contributed by atoms with Crippen LogP contribution >= 0.6 is 0 Å². The summed E-state index contributed by atoms with van der Waals surface area (Å²) in [7, 11) is 1.78. The first kappa shape index (κ1) is 13.8. The van der Waals surface area contributed by atoms with E-state index < -0.39 is 0 Å². The molecule has 0 fully saturated rings. The molecule has 0 N–H and O–H groups in total. The van der Waals surface area contributed by atoms with Gasteiger partial charge in [0.2, 0.25) is 5.91 Å². The maximum absolute atomic E-state index is 11.1. The highest BCUT2D eigenvalue weighted by molar-refractivity contribution is 5.92. The molecule has 0 bridgehead atoms. The minimum Gasteiger partial charge on any atom is -0.340 e. The van der Waals surface area contributed by atoms with Crippen LogP contribution in [0.25, 0.3) is 0 Å². The molecule has 0 aliphatic carbocycles. The van der Waals surface area contributed by atoms with Crippen molar-refractivity contribution in [3.8, 4) is 0 Å². The minimum absolute atomic E-state index is 0.0231. The van der Waals surface area contributed by atoms with Gasteiger partial charge in [-0.2, -0.15) is 0 Å². The van der Waals surface area contributed by atoms with E-state index in [1.165, 1.54) is 0 Å². The van der Waals surface area contributed by atoms with Gasteiger partial charge >= 0.3 is 0 Å². The molecule has 0 aliphatic heterocycles. The van der Waals surface area contributed by atoms with Gasteiger partial charge in [0.25, 0.3) is 0 Å². The molecule has 12 heavy (non-hydrogen) atoms. The molecule has 72 valence electrons. The lowest BCUT2D eigenvalue weighted by atomic mass is 10.2. The van der Waals surface area contributed by atoms with Crippen molar-refractivity contribution < 1.29 is 4.79 Å². The zero-order chi connectivity index (χ0) is 10.3. The number of carbonyl (C=O) groups is 1. The van der Waals surface area contributed by atoms with Crippen molar-refractivity contribution in [2.24, 2.45) is 0 Å². The molecule has 2 heteroatoms. The summed E-state index contributed by atoms with van der Waals surface area (Å²) in [6.07, 6.45) is 0. The van der Waals surface area contributed by atoms with Crippen LogP contribution in [0.3, 0.4) is 0 Å². The average Bonchev–Trinajstić information content (AvgIpc) is 2.05. The second-order valence-electron chi connectivity index (χ2n) is 2.79. The summed E-state index contributed by atoms with van der Waals surface area (Å²) >= 11 is 0. The van der Waals surface area contributed by atoms with Crippen molar-refractivity contribution in [1.29, 1.82) is 0 Å². The number of likely N-dealkylation sites (N-methyl/N-ethyl adjacent to an activating group) is 1. The number of rotatable bonds is 2. The molecule has 0 saturated heterocycles. The van der Waals surface area contributed by atoms with Gasteiger partial charge < -0.3 is 4.90 Å². The normalized spacial score (nSPS) is 8.58. The molecule has 0 saturated carbocycles. The fourth-order valence-corrected chi connectivity index (χ4v) is 0.536. The Balaban J connectivity index is 0. The molecule has 0 rings (SSSR count). The van der Waals surface area contributed by atoms with Gasteiger partial charge in [0, 0.05) is 18.7 Å². The smallest absolute Gasteiger partial charge is 0.248 e. The fourth-order valence-electron chi connectivity index (χ4n) is 0.536. The van der Waals surface area contributed by atoms with E-state index >= 15 is 0 Å². The standard InChI is InChI=1S/C8H15NO.C2H6/c1-6(2)8(10)9(5)7(3)4;1-2/h7H,1H2,2-5H3;1-2H3. The largest absolute Gasteiger partial charge is 0.340 e. The summed E-state index contributed by atoms with van der Waals surface area (Å²) < 4.78 is 0. The Kier molecular flexibility index (Phi) is 7.91. The number of amides is 1. The first-order chi connectivity index (χ1) is 5.46. The Morgan fingerprint density at radius 2 is 1.67 bits per heavy atom. The maximum Gasteiger partial charge on any atom is 0.248 e. The molecule has 1 amide bonds. The zero-order valence-corrected chi connectivity index (χ0v) is 9.14. The maximum atomic E-state index is 11.1. The van der Waals surface area contributed by atoms with E-state index in [0.29, 0.717) is 5.57 Å². The Labute approximate surface area is 76.3 Å². The number of carbonyl (C=O) groups excluding carboxylic acids is 1. The van der Waals surface area contributed by atoms with E-state index in [0.717, 1.165) is 0 Å². The first-order valence-corrected chi connectivity index (χ1v) is 4.39. The van der Waals surface area contributed by atoms with Gasteiger partial charge in [-0.25, -0.2) is 0 Å². The molecule has 0 radical (unpaired) electrons. The molecule has 0 aromatic carbocycles. The Bertz CT molecular complexity index is 150. The lowest BCUT2D eigenvalue weighted by molar-refractivity contribution is -0.127. The third-order valence-electron chi connectivity index (χ3n) is 1.46. The fraction of sp³-hybridized carbons (Fsp3) is 0.700. The summed E-state index contributed by atoms with van der Waals surface area (Å²) in [5.74, 6) is 0.0231. The van der Waals surface area contributed by atoms with Crippen LogP contribution < -0.4 is 0 Å². The van der Waals surface area contributed by atoms with Gasteiger partial charge in [0.1, 0.15) is 0 Å². The van der Waals surface area contributed by atoms with E-state index in [-0.39, 0.29) is 11.9 Å². The Hall–Kier alpha value is -0.790. The summed E-state index contributed by atoms with van der Waals surface area (Å²) in [6.45, 7) is 13.2. The summed E-state index contributed by atoms with van der Waals surface area (Å²) in [4.78, 5) is 12.8. The van der Waals surface area contributed by atoms with E-state index in [9.17, 15) is 4.79 Å². The average molecular weight is 171 g/mol. The molecule has 0 atom stereocenters. The third-order valence-corrected chi connectivity index (χ3v) is 1.46. The molecule has 0 aromatic heterocycles. The van der Waals surface area contributed by atoms with Crippen LogP contribution in [-0.2, 0) is 4.79 Å². The lowest BCUT2D eigenvalue weighted by Gasteiger charge is -2.21. The molecule has 0 spiro atoms. The van der Waals surface area contributed by atoms with Crippen LogP contribution in [0.15, 0.2) is 12.2 Å². The second-order valence-corrected chi connectivity index (χ2v) is 2.79. The SMILES string of the molecule is C=C(C)C(=O)N(C)C(C)C.CC. The lowest BCUT2D eigenvalue weighted by Crippen LogP contribution is -2.33. The van der Waals surface area contributed by atoms with Crippen LogP contribution in [0.2, 0.25) is 0 Å². The Morgan fingerprint density at radius 1 is 1.33 bits per heavy atom. The topological polar surface area (TPSA) is 20.3 Å². The molecule has 0 aliphatic rings. The summed E-state index contributed by atoms with van der Waals surface area (Å²) in [5, 5.41) is 0. The molecule has 2 nitrogen and oxygen atoms in total. The quantitative estimate of drug-likeness (QED) is 0.584. The molecule has 0 heterocycles. The number of hydrogen-bond acceptors (Lipinski definition) is 1. The molecular formula is C10H21NO. The van der Waals surface area contributed by atoms with E-state index in [2.05, 4.69) is 6.58 Å². The molecular weight excluding hydrogens is 150 g/mol. The van der Waals surface area contributed by atoms with Crippen molar-refractivity contribution in [3.05, 3.63) is 12.2 Å². The zero-order valence-electron chi connectivity index (χ0n) is 9.14. The highest BCUT2D eigenvalue weighted by Crippen LogP contribution is 1.99. The van der Waals surface area contributed by atoms with E-state index in [1.54, 1.807) is 18.9 Å². The monoisotopic (exact) mass is 171 g/mol. The van der Waals surface area contributed by atoms with Crippen molar-refractivity contribution in [2.45, 2.75) is 40.7 Å². The predicted octanol–water partition coefficient (Wildman–Crippen LogP) is 2.46. The predicted molar refractivity (Wildman–Crippen MR) is 54.1 cm³/mol. The Morgan fingerprint density at radius 3 is 1.75 bits per heavy atom. The van der Waals surface area contributed by atoms with E-state index in [4.69, 9.17) is 0 Å². The van der Waals surface area contributed by atoms with Gasteiger partial charge in [0.05, 0.1) is 0 Å². The second kappa shape index (κ2) is 6.89. The van der Waals surface area contributed by atoms with Crippen molar-refractivity contribution in [2.75, 3.05) is 7.05 Å². The van der Waals surface area contributed by atoms with Crippen molar-refractivity contribution in [1.82, 2.24) is 4.90 Å². The highest BCUT2D eigenvalue weighted by atomic mass is 16.2. The highest BCUT2D eigenvalue weighted by Gasteiger charge is 2.10. The van der Waals surface area contributed by atoms with Crippen molar-refractivity contribution in [3.63, 3.8) is 0 Å². The van der Waals surface area contributed by atoms with Crippen molar-refractivity contribution >= 4 is 5.91 Å². The van der Waals surface area contributed by atoms with Gasteiger partial charge in [0.15, 0.2) is 0 Å². The van der Waals surface area contributed by atoms with Crippen LogP contribution in [0.1, 0.15) is 34.6 Å². The number of hydrogen-bond donors (Lipinski definition) is 0. The third kappa shape index (κ3) is 4.94. The van der Waals surface area contributed by atoms with Crippen LogP contribution in [0, 0.1) is 0 Å². The van der Waals surface area contributed by atoms with Gasteiger partial charge in [-0.3, -0.25) is 4.79 Å². The summed E-state index contributed by atoms with van der Waals surface area (Å²) in [6, 6.07) is 0.254. The minimum atomic E-state index is 0.0231. The molecule has 0 unspecified atom stereocenters. The summed E-state index contributed by atoms with van der Waals surface area (Å²) in [5.41, 5.74) is 0.594. The van der Waals surface area contributed by atoms with Crippen LogP contribution in [0.5, 0.6) is 0 Å². The van der Waals surface area contributed by atoms with Gasteiger partial charge in [-0.15, -0.1) is 0 Å². The molecule has 0 aromatic rings.